The minimum Gasteiger partial charge on any atom is -0.437 e. The molecule has 0 saturated heterocycles. The normalized spacial score (nSPS) is 10.3. The molecule has 19 heavy (non-hydrogen) atoms. The minimum absolute atomic E-state index is 0.503. The Balaban J connectivity index is 2.16. The Labute approximate surface area is 113 Å². The number of ether oxygens (including phenoxy) is 1. The highest BCUT2D eigenvalue weighted by Crippen LogP contribution is 2.23. The molecule has 1 N–H and O–H groups in total. The standard InChI is InChI=1S/C14H18N4O/c1-15-8-11-9-16-10-14(17-11)19-13-6-4-5-12(7-13)18(2)3/h4-7,9-10,15H,8H2,1-3H3. The number of hydrogen-bond acceptors (Lipinski definition) is 5. The molecule has 2 rings (SSSR count). The Bertz CT molecular complexity index is 542. The van der Waals surface area contributed by atoms with Gasteiger partial charge in [0.2, 0.25) is 5.88 Å². The summed E-state index contributed by atoms with van der Waals surface area (Å²) in [5.74, 6) is 1.26. The van der Waals surface area contributed by atoms with Gasteiger partial charge in [-0.3, -0.25) is 4.98 Å². The summed E-state index contributed by atoms with van der Waals surface area (Å²) < 4.78 is 5.73. The molecule has 1 aromatic carbocycles. The summed E-state index contributed by atoms with van der Waals surface area (Å²) in [7, 11) is 5.86. The first-order valence-electron chi connectivity index (χ1n) is 6.10. The predicted molar refractivity (Wildman–Crippen MR) is 75.6 cm³/mol. The average Bonchev–Trinajstić information content (AvgIpc) is 2.40. The molecule has 0 aliphatic rings. The molecule has 2 aromatic rings. The first-order chi connectivity index (χ1) is 9.19. The molecule has 5 nitrogen and oxygen atoms in total. The second kappa shape index (κ2) is 6.15. The van der Waals surface area contributed by atoms with Crippen LogP contribution in [0.4, 0.5) is 5.69 Å². The van der Waals surface area contributed by atoms with Gasteiger partial charge in [0.15, 0.2) is 0 Å². The molecule has 5 heteroatoms. The predicted octanol–water partition coefficient (Wildman–Crippen LogP) is 2.05. The molecule has 0 radical (unpaired) electrons. The Morgan fingerprint density at radius 2 is 2.11 bits per heavy atom. The molecule has 0 spiro atoms. The molecule has 0 fully saturated rings. The maximum atomic E-state index is 5.73. The topological polar surface area (TPSA) is 50.3 Å². The third-order valence-corrected chi connectivity index (χ3v) is 2.58. The fourth-order valence-corrected chi connectivity index (χ4v) is 1.65. The summed E-state index contributed by atoms with van der Waals surface area (Å²) in [6.07, 6.45) is 3.33. The third-order valence-electron chi connectivity index (χ3n) is 2.58. The smallest absolute Gasteiger partial charge is 0.238 e. The van der Waals surface area contributed by atoms with E-state index in [4.69, 9.17) is 4.74 Å². The van der Waals surface area contributed by atoms with Crippen LogP contribution in [-0.4, -0.2) is 31.1 Å². The Morgan fingerprint density at radius 1 is 1.26 bits per heavy atom. The van der Waals surface area contributed by atoms with Gasteiger partial charge < -0.3 is 15.0 Å². The molecule has 1 aromatic heterocycles. The summed E-state index contributed by atoms with van der Waals surface area (Å²) in [4.78, 5) is 10.5. The summed E-state index contributed by atoms with van der Waals surface area (Å²) in [5.41, 5.74) is 1.93. The number of nitrogens with zero attached hydrogens (tertiary/aromatic N) is 3. The lowest BCUT2D eigenvalue weighted by Gasteiger charge is -2.13. The lowest BCUT2D eigenvalue weighted by Crippen LogP contribution is -2.08. The SMILES string of the molecule is CNCc1cncc(Oc2cccc(N(C)C)c2)n1. The molecular weight excluding hydrogens is 240 g/mol. The zero-order valence-electron chi connectivity index (χ0n) is 11.4. The van der Waals surface area contributed by atoms with Crippen molar-refractivity contribution in [3.63, 3.8) is 0 Å². The van der Waals surface area contributed by atoms with Crippen LogP contribution in [0.5, 0.6) is 11.6 Å². The fraction of sp³-hybridized carbons (Fsp3) is 0.286. The summed E-state index contributed by atoms with van der Waals surface area (Å²) >= 11 is 0. The van der Waals surface area contributed by atoms with Crippen LogP contribution in [0.15, 0.2) is 36.7 Å². The maximum Gasteiger partial charge on any atom is 0.238 e. The van der Waals surface area contributed by atoms with E-state index >= 15 is 0 Å². The van der Waals surface area contributed by atoms with Gasteiger partial charge in [0.25, 0.3) is 0 Å². The highest BCUT2D eigenvalue weighted by atomic mass is 16.5. The van der Waals surface area contributed by atoms with Gasteiger partial charge in [-0.25, -0.2) is 4.98 Å². The molecule has 0 atom stereocenters. The molecule has 0 saturated carbocycles. The quantitative estimate of drug-likeness (QED) is 0.889. The van der Waals surface area contributed by atoms with Crippen molar-refractivity contribution in [1.29, 1.82) is 0 Å². The van der Waals surface area contributed by atoms with Crippen LogP contribution in [-0.2, 0) is 6.54 Å². The maximum absolute atomic E-state index is 5.73. The van der Waals surface area contributed by atoms with E-state index < -0.39 is 0 Å². The van der Waals surface area contributed by atoms with E-state index in [0.29, 0.717) is 12.4 Å². The van der Waals surface area contributed by atoms with Gasteiger partial charge in [0.05, 0.1) is 11.9 Å². The first-order valence-corrected chi connectivity index (χ1v) is 6.10. The molecule has 100 valence electrons. The van der Waals surface area contributed by atoms with Crippen LogP contribution in [0.3, 0.4) is 0 Å². The van der Waals surface area contributed by atoms with Crippen molar-refractivity contribution in [1.82, 2.24) is 15.3 Å². The van der Waals surface area contributed by atoms with Crippen molar-refractivity contribution < 1.29 is 4.74 Å². The van der Waals surface area contributed by atoms with E-state index in [1.54, 1.807) is 12.4 Å². The van der Waals surface area contributed by atoms with Gasteiger partial charge in [-0.1, -0.05) is 6.07 Å². The van der Waals surface area contributed by atoms with E-state index in [-0.39, 0.29) is 0 Å². The van der Waals surface area contributed by atoms with Gasteiger partial charge >= 0.3 is 0 Å². The highest BCUT2D eigenvalue weighted by Gasteiger charge is 2.03. The molecule has 0 bridgehead atoms. The van der Waals surface area contributed by atoms with Crippen molar-refractivity contribution >= 4 is 5.69 Å². The van der Waals surface area contributed by atoms with Gasteiger partial charge in [-0.15, -0.1) is 0 Å². The molecule has 0 amide bonds. The number of benzene rings is 1. The van der Waals surface area contributed by atoms with Crippen LogP contribution in [0, 0.1) is 0 Å². The van der Waals surface area contributed by atoms with Crippen LogP contribution in [0.2, 0.25) is 0 Å². The van der Waals surface area contributed by atoms with Crippen LogP contribution >= 0.6 is 0 Å². The summed E-state index contributed by atoms with van der Waals surface area (Å²) in [6.45, 7) is 0.669. The van der Waals surface area contributed by atoms with E-state index in [1.807, 2.05) is 50.3 Å². The molecular formula is C14H18N4O. The molecule has 1 heterocycles. The van der Waals surface area contributed by atoms with Crippen molar-refractivity contribution in [2.24, 2.45) is 0 Å². The minimum atomic E-state index is 0.503. The van der Waals surface area contributed by atoms with Crippen molar-refractivity contribution in [3.8, 4) is 11.6 Å². The zero-order valence-corrected chi connectivity index (χ0v) is 11.4. The molecule has 0 unspecified atom stereocenters. The van der Waals surface area contributed by atoms with Crippen LogP contribution in [0.1, 0.15) is 5.69 Å². The van der Waals surface area contributed by atoms with E-state index in [0.717, 1.165) is 17.1 Å². The summed E-state index contributed by atoms with van der Waals surface area (Å²) in [6, 6.07) is 7.84. The van der Waals surface area contributed by atoms with Crippen molar-refractivity contribution in [2.45, 2.75) is 6.54 Å². The molecule has 0 aliphatic heterocycles. The third kappa shape index (κ3) is 3.66. The zero-order chi connectivity index (χ0) is 13.7. The lowest BCUT2D eigenvalue weighted by molar-refractivity contribution is 0.457. The van der Waals surface area contributed by atoms with Crippen LogP contribution < -0.4 is 15.0 Å². The molecule has 0 aliphatic carbocycles. The fourth-order valence-electron chi connectivity index (χ4n) is 1.65. The number of hydrogen-bond donors (Lipinski definition) is 1. The van der Waals surface area contributed by atoms with E-state index in [1.165, 1.54) is 0 Å². The monoisotopic (exact) mass is 258 g/mol. The van der Waals surface area contributed by atoms with E-state index in [9.17, 15) is 0 Å². The van der Waals surface area contributed by atoms with Crippen molar-refractivity contribution in [3.05, 3.63) is 42.4 Å². The van der Waals surface area contributed by atoms with Gasteiger partial charge in [0.1, 0.15) is 5.75 Å². The largest absolute Gasteiger partial charge is 0.437 e. The average molecular weight is 258 g/mol. The Morgan fingerprint density at radius 3 is 2.84 bits per heavy atom. The Kier molecular flexibility index (Phi) is 4.30. The number of rotatable bonds is 5. The van der Waals surface area contributed by atoms with Crippen LogP contribution in [0.25, 0.3) is 0 Å². The second-order valence-corrected chi connectivity index (χ2v) is 4.37. The Hall–Kier alpha value is -2.14. The number of aromatic nitrogens is 2. The van der Waals surface area contributed by atoms with Gasteiger partial charge in [-0.2, -0.15) is 0 Å². The second-order valence-electron chi connectivity index (χ2n) is 4.37. The highest BCUT2D eigenvalue weighted by molar-refractivity contribution is 5.49. The number of anilines is 1. The lowest BCUT2D eigenvalue weighted by atomic mass is 10.3. The van der Waals surface area contributed by atoms with Gasteiger partial charge in [0, 0.05) is 38.6 Å². The summed E-state index contributed by atoms with van der Waals surface area (Å²) in [5, 5.41) is 3.03. The van der Waals surface area contributed by atoms with Crippen molar-refractivity contribution in [2.75, 3.05) is 26.0 Å². The number of nitrogens with one attached hydrogen (secondary N) is 1. The first kappa shape index (κ1) is 13.3. The van der Waals surface area contributed by atoms with Gasteiger partial charge in [-0.05, 0) is 19.2 Å². The van der Waals surface area contributed by atoms with E-state index in [2.05, 4.69) is 15.3 Å².